The van der Waals surface area contributed by atoms with Gasteiger partial charge in [0.05, 0.1) is 0 Å². The lowest BCUT2D eigenvalue weighted by atomic mass is 10.0. The number of benzene rings is 1. The molecule has 0 bridgehead atoms. The number of halogens is 1. The fourth-order valence-electron chi connectivity index (χ4n) is 2.75. The number of piperidine rings is 1. The summed E-state index contributed by atoms with van der Waals surface area (Å²) in [6.07, 6.45) is 2.89. The van der Waals surface area contributed by atoms with E-state index in [1.54, 1.807) is 4.90 Å². The summed E-state index contributed by atoms with van der Waals surface area (Å²) >= 11 is 0. The molecule has 1 amide bonds. The van der Waals surface area contributed by atoms with E-state index in [9.17, 15) is 17.6 Å². The van der Waals surface area contributed by atoms with Crippen molar-refractivity contribution in [2.75, 3.05) is 19.6 Å². The van der Waals surface area contributed by atoms with E-state index in [-0.39, 0.29) is 24.9 Å². The molecule has 0 aromatic heterocycles. The van der Waals surface area contributed by atoms with Gasteiger partial charge in [-0.1, -0.05) is 12.1 Å². The highest BCUT2D eigenvalue weighted by molar-refractivity contribution is 7.89. The van der Waals surface area contributed by atoms with Crippen molar-refractivity contribution in [1.29, 1.82) is 0 Å². The van der Waals surface area contributed by atoms with E-state index in [1.807, 2.05) is 0 Å². The molecule has 2 rings (SSSR count). The summed E-state index contributed by atoms with van der Waals surface area (Å²) in [6, 6.07) is 5.16. The molecule has 0 radical (unpaired) electrons. The summed E-state index contributed by atoms with van der Waals surface area (Å²) in [7, 11) is -3.96. The Kier molecular flexibility index (Phi) is 6.09. The largest absolute Gasteiger partial charge is 0.338 e. The summed E-state index contributed by atoms with van der Waals surface area (Å²) in [4.78, 5) is 13.5. The number of amides is 1. The minimum absolute atomic E-state index is 0.0272. The Morgan fingerprint density at radius 1 is 1.35 bits per heavy atom. The van der Waals surface area contributed by atoms with Crippen LogP contribution in [0.15, 0.2) is 29.2 Å². The molecule has 0 saturated carbocycles. The number of nitrogens with one attached hydrogen (secondary N) is 1. The fraction of sp³-hybridized carbons (Fsp3) is 0.533. The molecule has 23 heavy (non-hydrogen) atoms. The van der Waals surface area contributed by atoms with Crippen LogP contribution in [0.3, 0.4) is 0 Å². The third kappa shape index (κ3) is 4.49. The Morgan fingerprint density at radius 3 is 2.78 bits per heavy atom. The predicted octanol–water partition coefficient (Wildman–Crippen LogP) is 0.834. The fourth-order valence-corrected chi connectivity index (χ4v) is 3.86. The van der Waals surface area contributed by atoms with Gasteiger partial charge in [-0.2, -0.15) is 0 Å². The molecule has 1 aromatic carbocycles. The number of sulfonamides is 1. The molecule has 1 atom stereocenters. The van der Waals surface area contributed by atoms with Gasteiger partial charge in [0.2, 0.25) is 15.9 Å². The lowest BCUT2D eigenvalue weighted by Gasteiger charge is -2.35. The number of hydrogen-bond donors (Lipinski definition) is 2. The van der Waals surface area contributed by atoms with Gasteiger partial charge in [0.15, 0.2) is 0 Å². The first-order valence-electron chi connectivity index (χ1n) is 7.69. The van der Waals surface area contributed by atoms with Crippen LogP contribution in [0.2, 0.25) is 0 Å². The highest BCUT2D eigenvalue weighted by Gasteiger charge is 2.25. The van der Waals surface area contributed by atoms with Gasteiger partial charge in [-0.15, -0.1) is 0 Å². The second kappa shape index (κ2) is 7.85. The summed E-state index contributed by atoms with van der Waals surface area (Å²) in [6.45, 7) is 0.997. The maximum atomic E-state index is 13.6. The first-order valence-corrected chi connectivity index (χ1v) is 9.18. The van der Waals surface area contributed by atoms with E-state index in [1.165, 1.54) is 18.2 Å². The van der Waals surface area contributed by atoms with Crippen molar-refractivity contribution in [3.8, 4) is 0 Å². The van der Waals surface area contributed by atoms with Gasteiger partial charge in [0, 0.05) is 32.1 Å². The smallest absolute Gasteiger partial charge is 0.243 e. The molecule has 1 saturated heterocycles. The van der Waals surface area contributed by atoms with Crippen LogP contribution in [0.5, 0.6) is 0 Å². The predicted molar refractivity (Wildman–Crippen MR) is 84.6 cm³/mol. The highest BCUT2D eigenvalue weighted by atomic mass is 32.2. The number of likely N-dealkylation sites (tertiary alicyclic amines) is 1. The van der Waals surface area contributed by atoms with Crippen molar-refractivity contribution in [2.24, 2.45) is 5.73 Å². The zero-order valence-corrected chi connectivity index (χ0v) is 13.7. The Labute approximate surface area is 135 Å². The molecule has 128 valence electrons. The average molecular weight is 343 g/mol. The van der Waals surface area contributed by atoms with Crippen LogP contribution in [-0.2, 0) is 14.8 Å². The standard InChI is InChI=1S/C15H22FN3O3S/c16-13-6-1-2-7-14(13)23(21,22)18-9-8-15(20)19-10-4-3-5-12(19)11-17/h1-2,6-7,12,18H,3-5,8-11,17H2. The Morgan fingerprint density at radius 2 is 2.09 bits per heavy atom. The Bertz CT molecular complexity index is 651. The highest BCUT2D eigenvalue weighted by Crippen LogP contribution is 2.17. The molecule has 6 nitrogen and oxygen atoms in total. The summed E-state index contributed by atoms with van der Waals surface area (Å²) in [5.74, 6) is -0.943. The zero-order chi connectivity index (χ0) is 16.9. The van der Waals surface area contributed by atoms with Crippen LogP contribution in [0.1, 0.15) is 25.7 Å². The van der Waals surface area contributed by atoms with Gasteiger partial charge in [-0.25, -0.2) is 17.5 Å². The maximum absolute atomic E-state index is 13.6. The molecule has 1 aliphatic rings. The first kappa shape index (κ1) is 17.8. The quantitative estimate of drug-likeness (QED) is 0.800. The van der Waals surface area contributed by atoms with Gasteiger partial charge >= 0.3 is 0 Å². The third-order valence-electron chi connectivity index (χ3n) is 3.98. The average Bonchev–Trinajstić information content (AvgIpc) is 2.54. The van der Waals surface area contributed by atoms with Crippen LogP contribution in [0.25, 0.3) is 0 Å². The minimum Gasteiger partial charge on any atom is -0.338 e. The minimum atomic E-state index is -3.96. The normalized spacial score (nSPS) is 18.9. The zero-order valence-electron chi connectivity index (χ0n) is 12.9. The SMILES string of the molecule is NCC1CCCCN1C(=O)CCNS(=O)(=O)c1ccccc1F. The Hall–Kier alpha value is -1.51. The van der Waals surface area contributed by atoms with Gasteiger partial charge in [0.1, 0.15) is 10.7 Å². The summed E-state index contributed by atoms with van der Waals surface area (Å²) < 4.78 is 39.9. The number of nitrogens with zero attached hydrogens (tertiary/aromatic N) is 1. The van der Waals surface area contributed by atoms with Crippen LogP contribution < -0.4 is 10.5 Å². The molecular weight excluding hydrogens is 321 g/mol. The van der Waals surface area contributed by atoms with Crippen molar-refractivity contribution in [3.05, 3.63) is 30.1 Å². The number of carbonyl (C=O) groups excluding carboxylic acids is 1. The molecule has 0 aliphatic carbocycles. The van der Waals surface area contributed by atoms with Gasteiger partial charge in [-0.3, -0.25) is 4.79 Å². The van der Waals surface area contributed by atoms with E-state index in [2.05, 4.69) is 4.72 Å². The topological polar surface area (TPSA) is 92.5 Å². The van der Waals surface area contributed by atoms with Crippen molar-refractivity contribution in [1.82, 2.24) is 9.62 Å². The van der Waals surface area contributed by atoms with E-state index < -0.39 is 20.7 Å². The van der Waals surface area contributed by atoms with Crippen LogP contribution in [-0.4, -0.2) is 44.9 Å². The molecule has 0 spiro atoms. The number of hydrogen-bond acceptors (Lipinski definition) is 4. The molecule has 1 aromatic rings. The van der Waals surface area contributed by atoms with Crippen LogP contribution in [0.4, 0.5) is 4.39 Å². The molecule has 8 heteroatoms. The van der Waals surface area contributed by atoms with Gasteiger partial charge < -0.3 is 10.6 Å². The second-order valence-corrected chi connectivity index (χ2v) is 7.29. The lowest BCUT2D eigenvalue weighted by molar-refractivity contribution is -0.134. The monoisotopic (exact) mass is 343 g/mol. The number of carbonyl (C=O) groups is 1. The lowest BCUT2D eigenvalue weighted by Crippen LogP contribution is -2.48. The van der Waals surface area contributed by atoms with Crippen molar-refractivity contribution < 1.29 is 17.6 Å². The summed E-state index contributed by atoms with van der Waals surface area (Å²) in [5, 5.41) is 0. The molecule has 3 N–H and O–H groups in total. The van der Waals surface area contributed by atoms with Crippen LogP contribution >= 0.6 is 0 Å². The number of nitrogens with two attached hydrogens (primary N) is 1. The van der Waals surface area contributed by atoms with Crippen LogP contribution in [0, 0.1) is 5.82 Å². The van der Waals surface area contributed by atoms with Crippen molar-refractivity contribution in [3.63, 3.8) is 0 Å². The van der Waals surface area contributed by atoms with Gasteiger partial charge in [-0.05, 0) is 31.4 Å². The molecule has 1 heterocycles. The Balaban J connectivity index is 1.91. The van der Waals surface area contributed by atoms with Crippen molar-refractivity contribution in [2.45, 2.75) is 36.6 Å². The molecule has 1 unspecified atom stereocenters. The van der Waals surface area contributed by atoms with E-state index in [0.29, 0.717) is 13.1 Å². The first-order chi connectivity index (χ1) is 11.0. The maximum Gasteiger partial charge on any atom is 0.243 e. The van der Waals surface area contributed by atoms with Crippen molar-refractivity contribution >= 4 is 15.9 Å². The van der Waals surface area contributed by atoms with E-state index >= 15 is 0 Å². The molecular formula is C15H22FN3O3S. The molecule has 1 aliphatic heterocycles. The third-order valence-corrected chi connectivity index (χ3v) is 5.47. The summed E-state index contributed by atoms with van der Waals surface area (Å²) in [5.41, 5.74) is 5.67. The van der Waals surface area contributed by atoms with E-state index in [0.717, 1.165) is 25.3 Å². The second-order valence-electron chi connectivity index (χ2n) is 5.55. The van der Waals surface area contributed by atoms with Gasteiger partial charge in [0.25, 0.3) is 0 Å². The number of rotatable bonds is 6. The molecule has 1 fully saturated rings. The van der Waals surface area contributed by atoms with E-state index in [4.69, 9.17) is 5.73 Å².